The second-order valence-electron chi connectivity index (χ2n) is 18.9. The van der Waals surface area contributed by atoms with Crippen molar-refractivity contribution in [2.45, 2.75) is 109 Å². The van der Waals surface area contributed by atoms with Crippen molar-refractivity contribution >= 4 is 90.4 Å². The Morgan fingerprint density at radius 1 is 0.826 bits per heavy atom. The van der Waals surface area contributed by atoms with Crippen LogP contribution in [0.4, 0.5) is 4.79 Å². The summed E-state index contributed by atoms with van der Waals surface area (Å²) in [7, 11) is -2.64. The Morgan fingerprint density at radius 2 is 1.35 bits per heavy atom. The Hall–Kier alpha value is -4.84. The van der Waals surface area contributed by atoms with Gasteiger partial charge in [0.1, 0.15) is 30.9 Å². The third kappa shape index (κ3) is 9.81. The smallest absolute Gasteiger partial charge is 0.407 e. The van der Waals surface area contributed by atoms with Crippen molar-refractivity contribution in [3.8, 4) is 11.1 Å². The summed E-state index contributed by atoms with van der Waals surface area (Å²) in [5, 5.41) is 13.2. The minimum absolute atomic E-state index is 0.0243. The molecule has 69 heavy (non-hydrogen) atoms. The molecule has 2 N–H and O–H groups in total. The molecule has 0 radical (unpaired) electrons. The van der Waals surface area contributed by atoms with Crippen molar-refractivity contribution in [1.29, 1.82) is 0 Å². The predicted molar refractivity (Wildman–Crippen MR) is 263 cm³/mol. The normalized spacial score (nSPS) is 20.9. The average Bonchev–Trinajstić information content (AvgIpc) is 3.78. The Labute approximate surface area is 421 Å². The first kappa shape index (κ1) is 52.0. The van der Waals surface area contributed by atoms with Crippen LogP contribution >= 0.6 is 46.4 Å². The number of rotatable bonds is 13. The molecule has 7 rings (SSSR count). The molecule has 0 saturated carbocycles. The zero-order chi connectivity index (χ0) is 50.4. The highest BCUT2D eigenvalue weighted by Gasteiger charge is 2.60. The molecule has 0 spiro atoms. The molecule has 1 aliphatic carbocycles. The Balaban J connectivity index is 1.31. The number of aliphatic hydroxyl groups is 1. The lowest BCUT2D eigenvalue weighted by molar-refractivity contribution is -0.237. The van der Waals surface area contributed by atoms with Crippen LogP contribution < -0.4 is 5.32 Å². The summed E-state index contributed by atoms with van der Waals surface area (Å²) in [5.41, 5.74) is 3.02. The van der Waals surface area contributed by atoms with Crippen molar-refractivity contribution in [2.24, 2.45) is 5.92 Å². The average molecular weight is 1040 g/mol. The molecular weight excluding hydrogens is 988 g/mol. The number of imide groups is 2. The van der Waals surface area contributed by atoms with Crippen LogP contribution in [0.2, 0.25) is 38.2 Å². The summed E-state index contributed by atoms with van der Waals surface area (Å²) < 4.78 is 25.0. The molecule has 0 aromatic heterocycles. The van der Waals surface area contributed by atoms with Gasteiger partial charge in [-0.1, -0.05) is 154 Å². The number of hydrogen-bond donors (Lipinski definition) is 2. The zero-order valence-corrected chi connectivity index (χ0v) is 43.2. The molecule has 1 fully saturated rings. The molecule has 0 unspecified atom stereocenters. The van der Waals surface area contributed by atoms with Crippen molar-refractivity contribution in [3.05, 3.63) is 127 Å². The molecule has 366 valence electrons. The van der Waals surface area contributed by atoms with E-state index in [2.05, 4.69) is 5.32 Å². The van der Waals surface area contributed by atoms with Crippen LogP contribution in [0.1, 0.15) is 96.1 Å². The Morgan fingerprint density at radius 3 is 1.86 bits per heavy atom. The zero-order valence-electron chi connectivity index (χ0n) is 39.2. The quantitative estimate of drug-likeness (QED) is 0.0428. The number of nitrogens with zero attached hydrogens (tertiary/aromatic N) is 2. The predicted octanol–water partition coefficient (Wildman–Crippen LogP) is 9.93. The van der Waals surface area contributed by atoms with E-state index in [-0.39, 0.29) is 39.8 Å². The van der Waals surface area contributed by atoms with Crippen LogP contribution in [0.25, 0.3) is 11.1 Å². The van der Waals surface area contributed by atoms with Gasteiger partial charge in [-0.3, -0.25) is 29.0 Å². The van der Waals surface area contributed by atoms with E-state index < -0.39 is 108 Å². The number of aliphatic hydroxyl groups excluding tert-OH is 1. The van der Waals surface area contributed by atoms with Crippen LogP contribution in [0, 0.1) is 5.92 Å². The highest BCUT2D eigenvalue weighted by Crippen LogP contribution is 2.48. The molecule has 0 bridgehead atoms. The van der Waals surface area contributed by atoms with E-state index >= 15 is 4.79 Å². The van der Waals surface area contributed by atoms with Gasteiger partial charge in [0, 0.05) is 12.8 Å². The summed E-state index contributed by atoms with van der Waals surface area (Å²) in [5.74, 6) is -6.27. The summed E-state index contributed by atoms with van der Waals surface area (Å²) in [6.45, 7) is 13.9. The first-order chi connectivity index (χ1) is 32.5. The lowest BCUT2D eigenvalue weighted by atomic mass is 9.92. The van der Waals surface area contributed by atoms with Gasteiger partial charge >= 0.3 is 12.1 Å². The minimum Gasteiger partial charge on any atom is -0.453 e. The van der Waals surface area contributed by atoms with Gasteiger partial charge in [0.25, 0.3) is 17.7 Å². The lowest BCUT2D eigenvalue weighted by Gasteiger charge is -2.50. The van der Waals surface area contributed by atoms with Gasteiger partial charge in [-0.15, -0.1) is 0 Å². The highest BCUT2D eigenvalue weighted by molar-refractivity contribution is 6.74. The number of halogens is 4. The molecule has 7 atom stereocenters. The van der Waals surface area contributed by atoms with Gasteiger partial charge in [-0.05, 0) is 58.4 Å². The van der Waals surface area contributed by atoms with Gasteiger partial charge in [0.05, 0.1) is 43.4 Å². The second kappa shape index (κ2) is 20.5. The molecule has 1 saturated heterocycles. The fourth-order valence-corrected chi connectivity index (χ4v) is 10.7. The van der Waals surface area contributed by atoms with Crippen LogP contribution in [0.5, 0.6) is 0 Å². The maximum Gasteiger partial charge on any atom is 0.407 e. The number of hydrogen-bond acceptors (Lipinski definition) is 11. The number of carbonyl (C=O) groups excluding carboxylic acids is 6. The van der Waals surface area contributed by atoms with E-state index in [0.717, 1.165) is 29.2 Å². The fraction of sp³-hybridized carbons (Fsp3) is 0.400. The maximum atomic E-state index is 15.3. The molecular formula is C50H53Cl4N3O11Si. The van der Waals surface area contributed by atoms with Gasteiger partial charge < -0.3 is 29.1 Å². The fourth-order valence-electron chi connectivity index (χ4n) is 8.65. The summed E-state index contributed by atoms with van der Waals surface area (Å²) >= 11 is 26.0. The van der Waals surface area contributed by atoms with E-state index in [1.165, 1.54) is 12.1 Å². The number of benzene rings is 4. The molecule has 19 heteroatoms. The first-order valence-corrected chi connectivity index (χ1v) is 26.9. The number of fused-ring (bicyclic) bond motifs is 4. The number of alkyl carbamates (subject to hydrolysis) is 1. The van der Waals surface area contributed by atoms with Crippen LogP contribution in [0.3, 0.4) is 0 Å². The van der Waals surface area contributed by atoms with E-state index in [1.807, 2.05) is 82.4 Å². The third-order valence-corrected chi connectivity index (χ3v) is 20.0. The van der Waals surface area contributed by atoms with E-state index in [1.54, 1.807) is 32.0 Å². The number of nitrogens with one attached hydrogen (secondary N) is 1. The molecule has 3 aliphatic rings. The number of carbonyl (C=O) groups is 6. The largest absolute Gasteiger partial charge is 0.453 e. The van der Waals surface area contributed by atoms with Crippen molar-refractivity contribution in [1.82, 2.24) is 15.1 Å². The Kier molecular flexibility index (Phi) is 15.4. The summed E-state index contributed by atoms with van der Waals surface area (Å²) in [6, 6.07) is 19.8. The molecule has 14 nitrogen and oxygen atoms in total. The maximum absolute atomic E-state index is 15.3. The molecule has 2 heterocycles. The first-order valence-electron chi connectivity index (χ1n) is 22.4. The van der Waals surface area contributed by atoms with Crippen LogP contribution in [0.15, 0.2) is 78.9 Å². The number of amides is 5. The number of ether oxygens (including phenoxy) is 3. The van der Waals surface area contributed by atoms with Gasteiger partial charge in [-0.25, -0.2) is 9.59 Å². The van der Waals surface area contributed by atoms with Gasteiger partial charge in [0.2, 0.25) is 5.91 Å². The topological polar surface area (TPSA) is 178 Å². The Bertz CT molecular complexity index is 2610. The van der Waals surface area contributed by atoms with E-state index in [9.17, 15) is 29.1 Å². The van der Waals surface area contributed by atoms with Crippen LogP contribution in [-0.4, -0.2) is 109 Å². The molecule has 2 aliphatic heterocycles. The molecule has 5 amide bonds. The van der Waals surface area contributed by atoms with Gasteiger partial charge in [-0.2, -0.15) is 0 Å². The molecule has 4 aromatic carbocycles. The van der Waals surface area contributed by atoms with Crippen molar-refractivity contribution in [3.63, 3.8) is 0 Å². The van der Waals surface area contributed by atoms with E-state index in [0.29, 0.717) is 16.2 Å². The van der Waals surface area contributed by atoms with Crippen molar-refractivity contribution in [2.75, 3.05) is 13.2 Å². The monoisotopic (exact) mass is 1040 g/mol. The minimum atomic E-state index is -2.64. The second-order valence-corrected chi connectivity index (χ2v) is 25.2. The van der Waals surface area contributed by atoms with Crippen LogP contribution in [-0.2, 0) is 28.2 Å². The molecule has 4 aromatic rings. The standard InChI is InChI=1S/C50H53Cl4N3O11Si/c1-9-25(2)40(55-49(64)65-23-32-30-21-15-13-19-28(30)29-20-14-16-22-31(29)32)46(62)56(26(3)58)47-41(57-44(60)34-35(45(57)61)37(52)39(54)38(53)36(34)51)43(68-48(63)27-17-11-10-12-18-27)42(59)33(67-47)24-66-69(7,8)50(4,5)6/h10-22,25,32-33,40-43,47,59H,9,23-24H2,1-8H3,(H,55,64)/t25-,33+,40-,41+,42+,43+,47+/m0/s1. The van der Waals surface area contributed by atoms with E-state index in [4.69, 9.17) is 65.0 Å². The third-order valence-electron chi connectivity index (χ3n) is 13.7. The van der Waals surface area contributed by atoms with Gasteiger partial charge in [0.15, 0.2) is 20.6 Å². The lowest BCUT2D eigenvalue weighted by Crippen LogP contribution is -2.72. The summed E-state index contributed by atoms with van der Waals surface area (Å²) in [4.78, 5) is 88.4. The van der Waals surface area contributed by atoms with Crippen molar-refractivity contribution < 1.29 is 52.5 Å². The number of esters is 1. The SMILES string of the molecule is CC[C@H](C)[C@H](NC(=O)OCC1c2ccccc2-c2ccccc21)C(=O)N(C(C)=O)[C@@H]1O[C@H](CO[Si](C)(C)C(C)(C)C)[C@@H](O)[C@H](OC(=O)c2ccccc2)[C@H]1N1C(=O)c2c(Cl)c(Cl)c(Cl)c(Cl)c2C1=O. The highest BCUT2D eigenvalue weighted by atomic mass is 35.5. The summed E-state index contributed by atoms with van der Waals surface area (Å²) in [6.07, 6.45) is -7.96.